The number of benzene rings is 1. The lowest BCUT2D eigenvalue weighted by Crippen LogP contribution is -2.34. The molecule has 1 atom stereocenters. The van der Waals surface area contributed by atoms with Crippen molar-refractivity contribution in [3.05, 3.63) is 27.7 Å². The molecule has 112 valence electrons. The maximum Gasteiger partial charge on any atom is 0.307 e. The summed E-state index contributed by atoms with van der Waals surface area (Å²) in [5.74, 6) is -1.78. The van der Waals surface area contributed by atoms with Gasteiger partial charge < -0.3 is 5.11 Å². The number of hydrogen-bond donors (Lipinski definition) is 1. The van der Waals surface area contributed by atoms with Crippen molar-refractivity contribution in [2.45, 2.75) is 25.7 Å². The Hall–Kier alpha value is -0.920. The second kappa shape index (κ2) is 6.24. The first-order chi connectivity index (χ1) is 9.07. The number of carboxylic acid groups (broad SMARTS) is 1. The summed E-state index contributed by atoms with van der Waals surface area (Å²) in [7, 11) is -2.30. The van der Waals surface area contributed by atoms with Crippen molar-refractivity contribution in [3.8, 4) is 0 Å². The summed E-state index contributed by atoms with van der Waals surface area (Å²) in [6.45, 7) is 4.86. The van der Waals surface area contributed by atoms with E-state index in [1.165, 1.54) is 14.0 Å². The van der Waals surface area contributed by atoms with Crippen LogP contribution in [0.2, 0.25) is 0 Å². The zero-order valence-electron chi connectivity index (χ0n) is 11.8. The Morgan fingerprint density at radius 2 is 1.80 bits per heavy atom. The second-order valence-corrected chi connectivity index (χ2v) is 7.79. The molecule has 1 aromatic carbocycles. The highest BCUT2D eigenvalue weighted by Gasteiger charge is 2.27. The Balaban J connectivity index is 3.21. The van der Waals surface area contributed by atoms with Crippen molar-refractivity contribution in [3.63, 3.8) is 0 Å². The number of sulfonamides is 1. The zero-order chi connectivity index (χ0) is 15.7. The van der Waals surface area contributed by atoms with Crippen LogP contribution in [0, 0.1) is 19.8 Å². The van der Waals surface area contributed by atoms with Crippen LogP contribution in [0.1, 0.15) is 18.1 Å². The van der Waals surface area contributed by atoms with Crippen molar-refractivity contribution < 1.29 is 18.3 Å². The summed E-state index contributed by atoms with van der Waals surface area (Å²) in [6.07, 6.45) is 0. The van der Waals surface area contributed by atoms with Crippen LogP contribution in [0.3, 0.4) is 0 Å². The smallest absolute Gasteiger partial charge is 0.307 e. The topological polar surface area (TPSA) is 74.7 Å². The summed E-state index contributed by atoms with van der Waals surface area (Å²) in [5, 5.41) is 8.89. The largest absolute Gasteiger partial charge is 0.481 e. The maximum absolute atomic E-state index is 12.6. The van der Waals surface area contributed by atoms with Crippen molar-refractivity contribution in [2.24, 2.45) is 5.92 Å². The van der Waals surface area contributed by atoms with E-state index in [-0.39, 0.29) is 11.4 Å². The van der Waals surface area contributed by atoms with Crippen molar-refractivity contribution in [2.75, 3.05) is 13.6 Å². The van der Waals surface area contributed by atoms with Crippen molar-refractivity contribution >= 4 is 31.9 Å². The van der Waals surface area contributed by atoms with E-state index in [9.17, 15) is 13.2 Å². The molecule has 20 heavy (non-hydrogen) atoms. The third-order valence-electron chi connectivity index (χ3n) is 3.05. The van der Waals surface area contributed by atoms with Crippen LogP contribution < -0.4 is 0 Å². The number of nitrogens with zero attached hydrogens (tertiary/aromatic N) is 1. The Kier molecular flexibility index (Phi) is 5.34. The van der Waals surface area contributed by atoms with Crippen LogP contribution in [0.4, 0.5) is 0 Å². The summed E-state index contributed by atoms with van der Waals surface area (Å²) >= 11 is 3.32. The zero-order valence-corrected chi connectivity index (χ0v) is 14.2. The van der Waals surface area contributed by atoms with E-state index < -0.39 is 21.9 Å². The maximum atomic E-state index is 12.6. The Labute approximate surface area is 127 Å². The average molecular weight is 364 g/mol. The molecule has 1 N–H and O–H groups in total. The van der Waals surface area contributed by atoms with Gasteiger partial charge in [-0.15, -0.1) is 0 Å². The molecule has 7 heteroatoms. The predicted octanol–water partition coefficient (Wildman–Crippen LogP) is 2.41. The molecular weight excluding hydrogens is 346 g/mol. The Morgan fingerprint density at radius 3 is 2.20 bits per heavy atom. The van der Waals surface area contributed by atoms with Crippen molar-refractivity contribution in [1.82, 2.24) is 4.31 Å². The molecule has 0 saturated heterocycles. The molecule has 0 bridgehead atoms. The first kappa shape index (κ1) is 17.1. The average Bonchev–Trinajstić information content (AvgIpc) is 2.26. The third kappa shape index (κ3) is 3.59. The minimum Gasteiger partial charge on any atom is -0.481 e. The fraction of sp³-hybridized carbons (Fsp3) is 0.462. The number of aryl methyl sites for hydroxylation is 2. The number of halogens is 1. The number of carbonyl (C=O) groups is 1. The number of hydrogen-bond acceptors (Lipinski definition) is 3. The molecule has 0 spiro atoms. The minimum atomic E-state index is -3.70. The molecule has 1 unspecified atom stereocenters. The summed E-state index contributed by atoms with van der Waals surface area (Å²) in [4.78, 5) is 11.1. The first-order valence-electron chi connectivity index (χ1n) is 6.03. The Bertz CT molecular complexity index is 604. The van der Waals surface area contributed by atoms with Gasteiger partial charge in [-0.05, 0) is 37.1 Å². The standard InChI is InChI=1S/C13H18BrNO4S/c1-8-5-11(14)6-9(2)12(8)20(18,19)15(4)7-10(3)13(16)17/h5-6,10H,7H2,1-4H3,(H,16,17). The molecule has 0 aromatic heterocycles. The lowest BCUT2D eigenvalue weighted by Gasteiger charge is -2.21. The highest BCUT2D eigenvalue weighted by Crippen LogP contribution is 2.27. The number of aliphatic carboxylic acids is 1. The van der Waals surface area contributed by atoms with Gasteiger partial charge in [-0.25, -0.2) is 12.7 Å². The van der Waals surface area contributed by atoms with E-state index in [2.05, 4.69) is 15.9 Å². The molecule has 0 aliphatic heterocycles. The third-order valence-corrected chi connectivity index (χ3v) is 5.63. The molecule has 0 aliphatic carbocycles. The van der Waals surface area contributed by atoms with Gasteiger partial charge in [0.25, 0.3) is 0 Å². The van der Waals surface area contributed by atoms with Gasteiger partial charge in [0.2, 0.25) is 10.0 Å². The summed E-state index contributed by atoms with van der Waals surface area (Å²) in [6, 6.07) is 3.46. The van der Waals surface area contributed by atoms with Crippen LogP contribution in [0.15, 0.2) is 21.5 Å². The highest BCUT2D eigenvalue weighted by molar-refractivity contribution is 9.10. The predicted molar refractivity (Wildman–Crippen MR) is 80.2 cm³/mol. The minimum absolute atomic E-state index is 0.0629. The van der Waals surface area contributed by atoms with Gasteiger partial charge >= 0.3 is 5.97 Å². The monoisotopic (exact) mass is 363 g/mol. The Morgan fingerprint density at radius 1 is 1.35 bits per heavy atom. The lowest BCUT2D eigenvalue weighted by atomic mass is 10.2. The highest BCUT2D eigenvalue weighted by atomic mass is 79.9. The van der Waals surface area contributed by atoms with Crippen LogP contribution in [-0.4, -0.2) is 37.4 Å². The molecule has 1 rings (SSSR count). The lowest BCUT2D eigenvalue weighted by molar-refractivity contribution is -0.141. The molecule has 0 heterocycles. The molecule has 0 aliphatic rings. The quantitative estimate of drug-likeness (QED) is 0.871. The number of carboxylic acids is 1. The van der Waals surface area contributed by atoms with Crippen LogP contribution in [-0.2, 0) is 14.8 Å². The van der Waals surface area contributed by atoms with Gasteiger partial charge in [-0.1, -0.05) is 22.9 Å². The summed E-state index contributed by atoms with van der Waals surface area (Å²) in [5.41, 5.74) is 1.26. The summed E-state index contributed by atoms with van der Waals surface area (Å²) < 4.78 is 27.0. The first-order valence-corrected chi connectivity index (χ1v) is 8.26. The fourth-order valence-corrected chi connectivity index (χ4v) is 4.37. The molecule has 5 nitrogen and oxygen atoms in total. The normalized spacial score (nSPS) is 13.5. The van der Waals surface area contributed by atoms with E-state index in [1.807, 2.05) is 0 Å². The van der Waals surface area contributed by atoms with Crippen LogP contribution >= 0.6 is 15.9 Å². The fourth-order valence-electron chi connectivity index (χ4n) is 2.02. The van der Waals surface area contributed by atoms with E-state index in [0.717, 1.165) is 8.78 Å². The van der Waals surface area contributed by atoms with Crippen molar-refractivity contribution in [1.29, 1.82) is 0 Å². The van der Waals surface area contributed by atoms with E-state index in [1.54, 1.807) is 26.0 Å². The number of rotatable bonds is 5. The SMILES string of the molecule is Cc1cc(Br)cc(C)c1S(=O)(=O)N(C)CC(C)C(=O)O. The molecule has 0 radical (unpaired) electrons. The van der Waals surface area contributed by atoms with Gasteiger partial charge in [-0.2, -0.15) is 0 Å². The van der Waals surface area contributed by atoms with Gasteiger partial charge in [0.1, 0.15) is 0 Å². The van der Waals surface area contributed by atoms with E-state index >= 15 is 0 Å². The molecule has 1 aromatic rings. The van der Waals surface area contributed by atoms with E-state index in [0.29, 0.717) is 11.1 Å². The van der Waals surface area contributed by atoms with E-state index in [4.69, 9.17) is 5.11 Å². The molecule has 0 saturated carbocycles. The van der Waals surface area contributed by atoms with Crippen LogP contribution in [0.5, 0.6) is 0 Å². The van der Waals surface area contributed by atoms with Gasteiger partial charge in [0.15, 0.2) is 0 Å². The van der Waals surface area contributed by atoms with Crippen LogP contribution in [0.25, 0.3) is 0 Å². The molecule has 0 amide bonds. The molecule has 0 fully saturated rings. The van der Waals surface area contributed by atoms with Gasteiger partial charge in [0.05, 0.1) is 10.8 Å². The van der Waals surface area contributed by atoms with Gasteiger partial charge in [-0.3, -0.25) is 4.79 Å². The molecular formula is C13H18BrNO4S. The second-order valence-electron chi connectivity index (χ2n) is 4.89. The van der Waals surface area contributed by atoms with Gasteiger partial charge in [0, 0.05) is 18.1 Å².